The van der Waals surface area contributed by atoms with Gasteiger partial charge in [0.1, 0.15) is 5.82 Å². The molecule has 1 amide bonds. The number of benzene rings is 1. The molecule has 1 fully saturated rings. The predicted octanol–water partition coefficient (Wildman–Crippen LogP) is 2.66. The fourth-order valence-corrected chi connectivity index (χ4v) is 2.89. The van der Waals surface area contributed by atoms with Crippen LogP contribution in [-0.2, 0) is 10.3 Å². The zero-order chi connectivity index (χ0) is 14.8. The fraction of sp³-hybridized carbons (Fsp3) is 0.562. The van der Waals surface area contributed by atoms with Gasteiger partial charge in [0.25, 0.3) is 0 Å². The number of rotatable bonds is 4. The molecule has 2 rings (SSSR count). The maximum absolute atomic E-state index is 13.8. The molecule has 110 valence electrons. The van der Waals surface area contributed by atoms with Crippen LogP contribution < -0.4 is 5.32 Å². The van der Waals surface area contributed by atoms with Crippen molar-refractivity contribution in [3.63, 3.8) is 0 Å². The number of carbonyl (C=O) groups excluding carboxylic acids is 1. The van der Waals surface area contributed by atoms with Gasteiger partial charge in [-0.25, -0.2) is 4.39 Å². The Morgan fingerprint density at radius 1 is 1.45 bits per heavy atom. The molecule has 1 aliphatic heterocycles. The predicted molar refractivity (Wildman–Crippen MR) is 77.8 cm³/mol. The third-order valence-electron chi connectivity index (χ3n) is 4.09. The van der Waals surface area contributed by atoms with E-state index in [9.17, 15) is 9.18 Å². The molecule has 1 heterocycles. The Morgan fingerprint density at radius 2 is 2.15 bits per heavy atom. The summed E-state index contributed by atoms with van der Waals surface area (Å²) >= 11 is 0. The highest BCUT2D eigenvalue weighted by atomic mass is 19.1. The molecule has 1 aliphatic rings. The summed E-state index contributed by atoms with van der Waals surface area (Å²) in [4.78, 5) is 14.4. The lowest BCUT2D eigenvalue weighted by Gasteiger charge is -2.28. The zero-order valence-electron chi connectivity index (χ0n) is 12.4. The number of nitrogens with one attached hydrogen (secondary N) is 1. The summed E-state index contributed by atoms with van der Waals surface area (Å²) in [5.74, 6) is -0.298. The second kappa shape index (κ2) is 5.92. The standard InChI is InChI=1S/C16H23FN2O/c1-16(2,13-8-4-5-9-14(13)17)18-15(20)11-12-7-6-10-19(12)3/h4-5,8-9,12H,6-7,10-11H2,1-3H3,(H,18,20)/t12-/m0/s1. The minimum atomic E-state index is -0.695. The normalized spacial score (nSPS) is 20.1. The van der Waals surface area contributed by atoms with Crippen LogP contribution in [0.2, 0.25) is 0 Å². The summed E-state index contributed by atoms with van der Waals surface area (Å²) in [5, 5.41) is 2.96. The van der Waals surface area contributed by atoms with Crippen molar-refractivity contribution in [2.45, 2.75) is 44.7 Å². The lowest BCUT2D eigenvalue weighted by Crippen LogP contribution is -2.43. The van der Waals surface area contributed by atoms with Crippen molar-refractivity contribution in [1.82, 2.24) is 10.2 Å². The molecule has 4 heteroatoms. The summed E-state index contributed by atoms with van der Waals surface area (Å²) in [7, 11) is 2.05. The van der Waals surface area contributed by atoms with Crippen LogP contribution in [0, 0.1) is 5.82 Å². The Hall–Kier alpha value is -1.42. The number of halogens is 1. The van der Waals surface area contributed by atoms with Gasteiger partial charge in [-0.15, -0.1) is 0 Å². The van der Waals surface area contributed by atoms with Crippen molar-refractivity contribution in [3.8, 4) is 0 Å². The first-order valence-corrected chi connectivity index (χ1v) is 7.16. The van der Waals surface area contributed by atoms with Gasteiger partial charge in [0.05, 0.1) is 5.54 Å². The molecule has 1 N–H and O–H groups in total. The number of hydrogen-bond acceptors (Lipinski definition) is 2. The second-order valence-corrected chi connectivity index (χ2v) is 6.13. The molecule has 1 aromatic rings. The zero-order valence-corrected chi connectivity index (χ0v) is 12.4. The van der Waals surface area contributed by atoms with E-state index in [-0.39, 0.29) is 11.7 Å². The van der Waals surface area contributed by atoms with E-state index in [0.29, 0.717) is 18.0 Å². The maximum atomic E-state index is 13.8. The first-order valence-electron chi connectivity index (χ1n) is 7.16. The van der Waals surface area contributed by atoms with Crippen LogP contribution in [0.25, 0.3) is 0 Å². The molecule has 0 spiro atoms. The van der Waals surface area contributed by atoms with Crippen molar-refractivity contribution in [2.75, 3.05) is 13.6 Å². The van der Waals surface area contributed by atoms with E-state index < -0.39 is 5.54 Å². The first-order chi connectivity index (χ1) is 9.40. The molecule has 0 aliphatic carbocycles. The highest BCUT2D eigenvalue weighted by Crippen LogP contribution is 2.24. The summed E-state index contributed by atoms with van der Waals surface area (Å²) in [6.45, 7) is 4.72. The number of nitrogens with zero attached hydrogens (tertiary/aromatic N) is 1. The Balaban J connectivity index is 2.01. The highest BCUT2D eigenvalue weighted by molar-refractivity contribution is 5.77. The Morgan fingerprint density at radius 3 is 2.75 bits per heavy atom. The quantitative estimate of drug-likeness (QED) is 0.918. The summed E-state index contributed by atoms with van der Waals surface area (Å²) in [6.07, 6.45) is 2.68. The summed E-state index contributed by atoms with van der Waals surface area (Å²) in [5.41, 5.74) is -0.173. The van der Waals surface area contributed by atoms with Crippen molar-refractivity contribution < 1.29 is 9.18 Å². The van der Waals surface area contributed by atoms with Gasteiger partial charge in [-0.1, -0.05) is 18.2 Å². The van der Waals surface area contributed by atoms with E-state index in [1.165, 1.54) is 6.07 Å². The highest BCUT2D eigenvalue weighted by Gasteiger charge is 2.29. The van der Waals surface area contributed by atoms with E-state index in [1.54, 1.807) is 18.2 Å². The van der Waals surface area contributed by atoms with Crippen LogP contribution >= 0.6 is 0 Å². The molecule has 0 saturated carbocycles. The van der Waals surface area contributed by atoms with Crippen LogP contribution in [0.1, 0.15) is 38.7 Å². The molecule has 0 aromatic heterocycles. The summed E-state index contributed by atoms with van der Waals surface area (Å²) in [6, 6.07) is 6.90. The number of amides is 1. The van der Waals surface area contributed by atoms with Gasteiger partial charge >= 0.3 is 0 Å². The largest absolute Gasteiger partial charge is 0.347 e. The Kier molecular flexibility index (Phi) is 4.43. The average molecular weight is 278 g/mol. The Labute approximate surface area is 120 Å². The van der Waals surface area contributed by atoms with Crippen LogP contribution in [0.4, 0.5) is 4.39 Å². The third kappa shape index (κ3) is 3.37. The molecule has 1 saturated heterocycles. The van der Waals surface area contributed by atoms with E-state index in [2.05, 4.69) is 10.2 Å². The molecule has 1 aromatic carbocycles. The lowest BCUT2D eigenvalue weighted by atomic mass is 9.93. The van der Waals surface area contributed by atoms with E-state index in [4.69, 9.17) is 0 Å². The van der Waals surface area contributed by atoms with Crippen molar-refractivity contribution in [1.29, 1.82) is 0 Å². The number of carbonyl (C=O) groups is 1. The van der Waals surface area contributed by atoms with Gasteiger partial charge in [0, 0.05) is 18.0 Å². The minimum absolute atomic E-state index is 0.0167. The first kappa shape index (κ1) is 15.0. The molecule has 3 nitrogen and oxygen atoms in total. The van der Waals surface area contributed by atoms with Gasteiger partial charge < -0.3 is 10.2 Å². The SMILES string of the molecule is CN1CCC[C@H]1CC(=O)NC(C)(C)c1ccccc1F. The minimum Gasteiger partial charge on any atom is -0.347 e. The molecular weight excluding hydrogens is 255 g/mol. The molecule has 0 radical (unpaired) electrons. The van der Waals surface area contributed by atoms with Gasteiger partial charge in [-0.05, 0) is 46.3 Å². The van der Waals surface area contributed by atoms with Gasteiger partial charge in [-0.3, -0.25) is 4.79 Å². The number of hydrogen-bond donors (Lipinski definition) is 1. The molecule has 0 unspecified atom stereocenters. The van der Waals surface area contributed by atoms with Crippen LogP contribution in [0.5, 0.6) is 0 Å². The molecule has 20 heavy (non-hydrogen) atoms. The van der Waals surface area contributed by atoms with Crippen LogP contribution in [-0.4, -0.2) is 30.4 Å². The van der Waals surface area contributed by atoms with E-state index in [1.807, 2.05) is 20.9 Å². The summed E-state index contributed by atoms with van der Waals surface area (Å²) < 4.78 is 13.8. The van der Waals surface area contributed by atoms with Gasteiger partial charge in [0.2, 0.25) is 5.91 Å². The van der Waals surface area contributed by atoms with Crippen molar-refractivity contribution >= 4 is 5.91 Å². The topological polar surface area (TPSA) is 32.3 Å². The van der Waals surface area contributed by atoms with Crippen molar-refractivity contribution in [3.05, 3.63) is 35.6 Å². The Bertz CT molecular complexity index is 487. The van der Waals surface area contributed by atoms with Crippen LogP contribution in [0.15, 0.2) is 24.3 Å². The fourth-order valence-electron chi connectivity index (χ4n) is 2.89. The molecule has 1 atom stereocenters. The van der Waals surface area contributed by atoms with Crippen molar-refractivity contribution in [2.24, 2.45) is 0 Å². The molecule has 0 bridgehead atoms. The van der Waals surface area contributed by atoms with Gasteiger partial charge in [-0.2, -0.15) is 0 Å². The second-order valence-electron chi connectivity index (χ2n) is 6.13. The molecular formula is C16H23FN2O. The van der Waals surface area contributed by atoms with E-state index in [0.717, 1.165) is 19.4 Å². The number of likely N-dealkylation sites (tertiary alicyclic amines) is 1. The third-order valence-corrected chi connectivity index (χ3v) is 4.09. The maximum Gasteiger partial charge on any atom is 0.222 e. The lowest BCUT2D eigenvalue weighted by molar-refractivity contribution is -0.123. The van der Waals surface area contributed by atoms with Crippen LogP contribution in [0.3, 0.4) is 0 Å². The smallest absolute Gasteiger partial charge is 0.222 e. The van der Waals surface area contributed by atoms with Gasteiger partial charge in [0.15, 0.2) is 0 Å². The van der Waals surface area contributed by atoms with E-state index >= 15 is 0 Å². The monoisotopic (exact) mass is 278 g/mol. The average Bonchev–Trinajstić information content (AvgIpc) is 2.74.